The summed E-state index contributed by atoms with van der Waals surface area (Å²) in [7, 11) is 0. The number of hydrogen-bond donors (Lipinski definition) is 3. The first-order valence-electron chi connectivity index (χ1n) is 6.61. The number of carbonyl (C=O) groups is 1. The van der Waals surface area contributed by atoms with Gasteiger partial charge in [0.05, 0.1) is 5.56 Å². The molecule has 0 saturated carbocycles. The van der Waals surface area contributed by atoms with Crippen molar-refractivity contribution in [2.45, 2.75) is 6.10 Å². The second kappa shape index (κ2) is 7.26. The predicted molar refractivity (Wildman–Crippen MR) is 74.7 cm³/mol. The summed E-state index contributed by atoms with van der Waals surface area (Å²) in [6, 6.07) is 2.51. The highest BCUT2D eigenvalue weighted by Crippen LogP contribution is 2.21. The monoisotopic (exact) mass is 346 g/mol. The van der Waals surface area contributed by atoms with E-state index in [0.717, 1.165) is 18.2 Å². The number of amides is 2. The standard InChI is InChI=1S/C15H11F5N2O2/c16-7-4-10(19)14(11(20)5-7)22-15(24)21-6-12(23)13-8(17)2-1-3-9(13)18/h1-5,12,23H,6H2,(H2,21,22,24). The van der Waals surface area contributed by atoms with Gasteiger partial charge in [-0.3, -0.25) is 0 Å². The van der Waals surface area contributed by atoms with Crippen molar-refractivity contribution < 1.29 is 31.9 Å². The smallest absolute Gasteiger partial charge is 0.319 e. The van der Waals surface area contributed by atoms with Crippen LogP contribution in [0.1, 0.15) is 11.7 Å². The number of benzene rings is 2. The number of rotatable bonds is 4. The third-order valence-electron chi connectivity index (χ3n) is 3.03. The highest BCUT2D eigenvalue weighted by atomic mass is 19.2. The molecule has 0 fully saturated rings. The topological polar surface area (TPSA) is 61.4 Å². The summed E-state index contributed by atoms with van der Waals surface area (Å²) in [4.78, 5) is 11.6. The number of urea groups is 1. The minimum atomic E-state index is -1.72. The number of halogens is 5. The number of nitrogens with one attached hydrogen (secondary N) is 2. The summed E-state index contributed by atoms with van der Waals surface area (Å²) in [6.45, 7) is -0.631. The molecule has 0 aliphatic heterocycles. The van der Waals surface area contributed by atoms with Crippen LogP contribution in [0, 0.1) is 29.1 Å². The average Bonchev–Trinajstić information content (AvgIpc) is 2.48. The normalized spacial score (nSPS) is 11.9. The maximum absolute atomic E-state index is 13.5. The first kappa shape index (κ1) is 17.7. The van der Waals surface area contributed by atoms with E-state index in [1.807, 2.05) is 5.32 Å². The molecule has 0 spiro atoms. The molecule has 2 aromatic rings. The maximum atomic E-state index is 13.5. The van der Waals surface area contributed by atoms with Crippen molar-refractivity contribution in [1.82, 2.24) is 5.32 Å². The van der Waals surface area contributed by atoms with Gasteiger partial charge in [0, 0.05) is 18.7 Å². The van der Waals surface area contributed by atoms with E-state index in [1.165, 1.54) is 0 Å². The zero-order valence-electron chi connectivity index (χ0n) is 11.9. The molecule has 3 N–H and O–H groups in total. The van der Waals surface area contributed by atoms with Crippen LogP contribution in [0.25, 0.3) is 0 Å². The Morgan fingerprint density at radius 2 is 1.54 bits per heavy atom. The molecule has 0 radical (unpaired) electrons. The zero-order chi connectivity index (χ0) is 17.9. The van der Waals surface area contributed by atoms with Gasteiger partial charge in [0.1, 0.15) is 29.2 Å². The van der Waals surface area contributed by atoms with E-state index in [-0.39, 0.29) is 0 Å². The molecular weight excluding hydrogens is 335 g/mol. The Hall–Kier alpha value is -2.68. The van der Waals surface area contributed by atoms with Crippen molar-refractivity contribution in [3.63, 3.8) is 0 Å². The molecule has 2 rings (SSSR count). The van der Waals surface area contributed by atoms with E-state index in [0.29, 0.717) is 12.1 Å². The Bertz CT molecular complexity index is 726. The molecule has 128 valence electrons. The predicted octanol–water partition coefficient (Wildman–Crippen LogP) is 3.24. The molecule has 4 nitrogen and oxygen atoms in total. The number of hydrogen-bond acceptors (Lipinski definition) is 2. The van der Waals surface area contributed by atoms with E-state index in [9.17, 15) is 31.9 Å². The van der Waals surface area contributed by atoms with Gasteiger partial charge in [-0.2, -0.15) is 0 Å². The zero-order valence-corrected chi connectivity index (χ0v) is 11.9. The van der Waals surface area contributed by atoms with E-state index in [2.05, 4.69) is 0 Å². The quantitative estimate of drug-likeness (QED) is 0.745. The molecule has 0 aromatic heterocycles. The van der Waals surface area contributed by atoms with Gasteiger partial charge in [-0.15, -0.1) is 0 Å². The number of anilines is 1. The molecule has 0 aliphatic rings. The molecule has 2 aromatic carbocycles. The molecule has 0 bridgehead atoms. The van der Waals surface area contributed by atoms with E-state index in [4.69, 9.17) is 0 Å². The molecule has 24 heavy (non-hydrogen) atoms. The molecule has 0 saturated heterocycles. The van der Waals surface area contributed by atoms with Crippen LogP contribution in [0.15, 0.2) is 30.3 Å². The lowest BCUT2D eigenvalue weighted by molar-refractivity contribution is 0.166. The second-order valence-electron chi connectivity index (χ2n) is 4.73. The lowest BCUT2D eigenvalue weighted by atomic mass is 10.1. The minimum Gasteiger partial charge on any atom is -0.386 e. The van der Waals surface area contributed by atoms with Gasteiger partial charge in [0.25, 0.3) is 0 Å². The third-order valence-corrected chi connectivity index (χ3v) is 3.03. The molecule has 0 heterocycles. The SMILES string of the molecule is O=C(NCC(O)c1c(F)cccc1F)Nc1c(F)cc(F)cc1F. The fraction of sp³-hybridized carbons (Fsp3) is 0.133. The van der Waals surface area contributed by atoms with Gasteiger partial charge < -0.3 is 15.7 Å². The van der Waals surface area contributed by atoms with Crippen LogP contribution in [-0.2, 0) is 0 Å². The van der Waals surface area contributed by atoms with Gasteiger partial charge in [-0.05, 0) is 12.1 Å². The van der Waals surface area contributed by atoms with Crippen LogP contribution < -0.4 is 10.6 Å². The summed E-state index contributed by atoms with van der Waals surface area (Å²) in [5.41, 5.74) is -1.56. The Balaban J connectivity index is 2.01. The molecular formula is C15H11F5N2O2. The first-order valence-corrected chi connectivity index (χ1v) is 6.61. The Labute approximate surface area is 132 Å². The fourth-order valence-electron chi connectivity index (χ4n) is 1.94. The lowest BCUT2D eigenvalue weighted by Crippen LogP contribution is -2.33. The van der Waals surface area contributed by atoms with Crippen molar-refractivity contribution in [2.75, 3.05) is 11.9 Å². The number of carbonyl (C=O) groups excluding carboxylic acids is 1. The summed E-state index contributed by atoms with van der Waals surface area (Å²) in [5, 5.41) is 13.5. The highest BCUT2D eigenvalue weighted by Gasteiger charge is 2.19. The summed E-state index contributed by atoms with van der Waals surface area (Å²) in [5.74, 6) is -5.88. The number of aliphatic hydroxyl groups excluding tert-OH is 1. The van der Waals surface area contributed by atoms with Crippen LogP contribution in [0.3, 0.4) is 0 Å². The summed E-state index contributed by atoms with van der Waals surface area (Å²) < 4.78 is 66.4. The Morgan fingerprint density at radius 3 is 2.08 bits per heavy atom. The van der Waals surface area contributed by atoms with Crippen LogP contribution >= 0.6 is 0 Å². The van der Waals surface area contributed by atoms with Crippen molar-refractivity contribution in [3.05, 3.63) is 65.0 Å². The number of aliphatic hydroxyl groups is 1. The highest BCUT2D eigenvalue weighted by molar-refractivity contribution is 5.89. The van der Waals surface area contributed by atoms with Crippen molar-refractivity contribution in [3.8, 4) is 0 Å². The van der Waals surface area contributed by atoms with E-state index >= 15 is 0 Å². The lowest BCUT2D eigenvalue weighted by Gasteiger charge is -2.14. The average molecular weight is 346 g/mol. The molecule has 9 heteroatoms. The second-order valence-corrected chi connectivity index (χ2v) is 4.73. The van der Waals surface area contributed by atoms with Crippen LogP contribution in [-0.4, -0.2) is 17.7 Å². The van der Waals surface area contributed by atoms with Gasteiger partial charge in [-0.25, -0.2) is 26.7 Å². The van der Waals surface area contributed by atoms with Crippen LogP contribution in [0.2, 0.25) is 0 Å². The molecule has 2 amide bonds. The van der Waals surface area contributed by atoms with Gasteiger partial charge >= 0.3 is 6.03 Å². The van der Waals surface area contributed by atoms with Crippen LogP contribution in [0.4, 0.5) is 32.4 Å². The van der Waals surface area contributed by atoms with Gasteiger partial charge in [0.15, 0.2) is 11.6 Å². The van der Waals surface area contributed by atoms with Gasteiger partial charge in [0.2, 0.25) is 0 Å². The van der Waals surface area contributed by atoms with Crippen molar-refractivity contribution in [2.24, 2.45) is 0 Å². The Morgan fingerprint density at radius 1 is 1.00 bits per heavy atom. The van der Waals surface area contributed by atoms with Crippen molar-refractivity contribution in [1.29, 1.82) is 0 Å². The molecule has 1 atom stereocenters. The molecule has 1 unspecified atom stereocenters. The summed E-state index contributed by atoms with van der Waals surface area (Å²) >= 11 is 0. The summed E-state index contributed by atoms with van der Waals surface area (Å²) in [6.07, 6.45) is -1.72. The van der Waals surface area contributed by atoms with Crippen molar-refractivity contribution >= 4 is 11.7 Å². The fourth-order valence-corrected chi connectivity index (χ4v) is 1.94. The van der Waals surface area contributed by atoms with Crippen LogP contribution in [0.5, 0.6) is 0 Å². The van der Waals surface area contributed by atoms with E-state index < -0.39 is 59.0 Å². The van der Waals surface area contributed by atoms with Gasteiger partial charge in [-0.1, -0.05) is 6.07 Å². The molecule has 0 aliphatic carbocycles. The largest absolute Gasteiger partial charge is 0.386 e. The van der Waals surface area contributed by atoms with E-state index in [1.54, 1.807) is 5.32 Å². The minimum absolute atomic E-state index is 0.363. The third kappa shape index (κ3) is 3.99. The first-order chi connectivity index (χ1) is 11.3. The Kier molecular flexibility index (Phi) is 5.35. The maximum Gasteiger partial charge on any atom is 0.319 e.